The van der Waals surface area contributed by atoms with E-state index in [2.05, 4.69) is 10.4 Å². The van der Waals surface area contributed by atoms with Gasteiger partial charge in [-0.2, -0.15) is 5.10 Å². The Kier molecular flexibility index (Phi) is 7.10. The number of halogens is 1. The monoisotopic (exact) mass is 421 g/mol. The Labute approximate surface area is 176 Å². The van der Waals surface area contributed by atoms with Gasteiger partial charge in [-0.1, -0.05) is 18.2 Å². The van der Waals surface area contributed by atoms with Crippen molar-refractivity contribution in [3.8, 4) is 5.75 Å². The minimum absolute atomic E-state index is 0. The maximum Gasteiger partial charge on any atom is 0.225 e. The molecule has 9 heteroatoms. The SMILES string of the molecule is COc1ccccc1Cn1nc(CC(N)=O)nc1[C@H]1CC[C@H]2OCCN[C@@H]2C1.Cl. The molecule has 1 amide bonds. The highest BCUT2D eigenvalue weighted by Crippen LogP contribution is 2.35. The molecule has 3 N–H and O–H groups in total. The average molecular weight is 422 g/mol. The number of hydrogen-bond acceptors (Lipinski definition) is 6. The van der Waals surface area contributed by atoms with Gasteiger partial charge >= 0.3 is 0 Å². The first-order chi connectivity index (χ1) is 13.6. The summed E-state index contributed by atoms with van der Waals surface area (Å²) >= 11 is 0. The number of fused-ring (bicyclic) bond motifs is 1. The van der Waals surface area contributed by atoms with Crippen molar-refractivity contribution in [3.05, 3.63) is 41.5 Å². The summed E-state index contributed by atoms with van der Waals surface area (Å²) in [6.07, 6.45) is 3.26. The molecule has 8 nitrogen and oxygen atoms in total. The number of methoxy groups -OCH3 is 1. The van der Waals surface area contributed by atoms with E-state index in [1.54, 1.807) is 7.11 Å². The fraction of sp³-hybridized carbons (Fsp3) is 0.550. The van der Waals surface area contributed by atoms with Crippen LogP contribution in [0.3, 0.4) is 0 Å². The quantitative estimate of drug-likeness (QED) is 0.730. The summed E-state index contributed by atoms with van der Waals surface area (Å²) in [7, 11) is 1.66. The number of nitrogens with zero attached hydrogens (tertiary/aromatic N) is 3. The van der Waals surface area contributed by atoms with Gasteiger partial charge in [-0.05, 0) is 25.3 Å². The highest BCUT2D eigenvalue weighted by Gasteiger charge is 2.35. The number of morpholine rings is 1. The highest BCUT2D eigenvalue weighted by atomic mass is 35.5. The molecule has 0 unspecified atom stereocenters. The Morgan fingerprint density at radius 1 is 1.38 bits per heavy atom. The molecule has 1 saturated heterocycles. The molecule has 158 valence electrons. The molecule has 29 heavy (non-hydrogen) atoms. The van der Waals surface area contributed by atoms with Gasteiger partial charge in [-0.15, -0.1) is 12.4 Å². The Balaban J connectivity index is 0.00000240. The van der Waals surface area contributed by atoms with Gasteiger partial charge in [-0.25, -0.2) is 9.67 Å². The Morgan fingerprint density at radius 2 is 2.21 bits per heavy atom. The van der Waals surface area contributed by atoms with Crippen LogP contribution < -0.4 is 15.8 Å². The predicted octanol–water partition coefficient (Wildman–Crippen LogP) is 1.41. The molecule has 3 atom stereocenters. The summed E-state index contributed by atoms with van der Waals surface area (Å²) in [6.45, 7) is 2.20. The topological polar surface area (TPSA) is 104 Å². The van der Waals surface area contributed by atoms with E-state index in [-0.39, 0.29) is 30.8 Å². The van der Waals surface area contributed by atoms with Crippen LogP contribution in [0, 0.1) is 0 Å². The normalized spacial score (nSPS) is 23.7. The van der Waals surface area contributed by atoms with E-state index in [0.29, 0.717) is 18.4 Å². The summed E-state index contributed by atoms with van der Waals surface area (Å²) in [5, 5.41) is 8.17. The lowest BCUT2D eigenvalue weighted by Gasteiger charge is -2.39. The van der Waals surface area contributed by atoms with Crippen molar-refractivity contribution in [1.29, 1.82) is 0 Å². The number of carbonyl (C=O) groups excluding carboxylic acids is 1. The predicted molar refractivity (Wildman–Crippen MR) is 110 cm³/mol. The van der Waals surface area contributed by atoms with Crippen LogP contribution >= 0.6 is 12.4 Å². The van der Waals surface area contributed by atoms with Gasteiger partial charge in [0, 0.05) is 24.1 Å². The Bertz CT molecular complexity index is 843. The van der Waals surface area contributed by atoms with Crippen LogP contribution in [0.2, 0.25) is 0 Å². The lowest BCUT2D eigenvalue weighted by molar-refractivity contribution is -0.117. The number of ether oxygens (including phenoxy) is 2. The van der Waals surface area contributed by atoms with Crippen molar-refractivity contribution < 1.29 is 14.3 Å². The molecule has 1 aromatic carbocycles. The Hall–Kier alpha value is -2.16. The summed E-state index contributed by atoms with van der Waals surface area (Å²) < 4.78 is 13.3. The highest BCUT2D eigenvalue weighted by molar-refractivity contribution is 5.85. The summed E-state index contributed by atoms with van der Waals surface area (Å²) in [5.74, 6) is 2.04. The maximum atomic E-state index is 11.4. The van der Waals surface area contributed by atoms with Crippen molar-refractivity contribution >= 4 is 18.3 Å². The van der Waals surface area contributed by atoms with Crippen LogP contribution in [-0.2, 0) is 22.5 Å². The molecule has 4 rings (SSSR count). The first kappa shape index (κ1) is 21.5. The molecule has 0 spiro atoms. The van der Waals surface area contributed by atoms with Crippen LogP contribution in [-0.4, -0.2) is 53.1 Å². The number of aromatic nitrogens is 3. The van der Waals surface area contributed by atoms with Gasteiger partial charge in [0.1, 0.15) is 11.6 Å². The second-order valence-electron chi connectivity index (χ2n) is 7.48. The van der Waals surface area contributed by atoms with Gasteiger partial charge < -0.3 is 20.5 Å². The van der Waals surface area contributed by atoms with E-state index >= 15 is 0 Å². The van der Waals surface area contributed by atoms with Crippen LogP contribution in [0.25, 0.3) is 0 Å². The molecule has 1 saturated carbocycles. The zero-order valence-corrected chi connectivity index (χ0v) is 17.4. The minimum Gasteiger partial charge on any atom is -0.496 e. The summed E-state index contributed by atoms with van der Waals surface area (Å²) in [6, 6.07) is 8.21. The largest absolute Gasteiger partial charge is 0.496 e. The number of benzene rings is 1. The number of hydrogen-bond donors (Lipinski definition) is 2. The van der Waals surface area contributed by atoms with Gasteiger partial charge in [0.25, 0.3) is 0 Å². The van der Waals surface area contributed by atoms with E-state index in [1.165, 1.54) is 0 Å². The molecular formula is C20H28ClN5O3. The molecule has 0 bridgehead atoms. The molecule has 1 aliphatic heterocycles. The van der Waals surface area contributed by atoms with Crippen LogP contribution in [0.5, 0.6) is 5.75 Å². The number of nitrogens with one attached hydrogen (secondary N) is 1. The molecule has 1 aromatic heterocycles. The van der Waals surface area contributed by atoms with Crippen molar-refractivity contribution in [2.75, 3.05) is 20.3 Å². The fourth-order valence-electron chi connectivity index (χ4n) is 4.29. The van der Waals surface area contributed by atoms with E-state index in [0.717, 1.165) is 49.6 Å². The average Bonchev–Trinajstić information content (AvgIpc) is 3.09. The third-order valence-corrected chi connectivity index (χ3v) is 5.58. The number of rotatable bonds is 6. The number of carbonyl (C=O) groups is 1. The minimum atomic E-state index is -0.424. The lowest BCUT2D eigenvalue weighted by Crippen LogP contribution is -2.51. The Morgan fingerprint density at radius 3 is 3.00 bits per heavy atom. The van der Waals surface area contributed by atoms with Gasteiger partial charge in [0.05, 0.1) is 32.8 Å². The van der Waals surface area contributed by atoms with Gasteiger partial charge in [0.15, 0.2) is 5.82 Å². The second-order valence-corrected chi connectivity index (χ2v) is 7.48. The molecule has 2 aliphatic rings. The summed E-state index contributed by atoms with van der Waals surface area (Å²) in [5.41, 5.74) is 6.40. The summed E-state index contributed by atoms with van der Waals surface area (Å²) in [4.78, 5) is 16.1. The van der Waals surface area contributed by atoms with Crippen LogP contribution in [0.15, 0.2) is 24.3 Å². The molecule has 1 aliphatic carbocycles. The van der Waals surface area contributed by atoms with Gasteiger partial charge in [0.2, 0.25) is 5.91 Å². The molecule has 2 aromatic rings. The van der Waals surface area contributed by atoms with Crippen molar-refractivity contribution in [2.24, 2.45) is 5.73 Å². The van der Waals surface area contributed by atoms with Crippen LogP contribution in [0.4, 0.5) is 0 Å². The van der Waals surface area contributed by atoms with E-state index in [1.807, 2.05) is 28.9 Å². The van der Waals surface area contributed by atoms with Crippen molar-refractivity contribution in [3.63, 3.8) is 0 Å². The third kappa shape index (κ3) is 4.88. The molecule has 2 heterocycles. The fourth-order valence-corrected chi connectivity index (χ4v) is 4.29. The molecular weight excluding hydrogens is 394 g/mol. The number of primary amides is 1. The first-order valence-electron chi connectivity index (χ1n) is 9.83. The maximum absolute atomic E-state index is 11.4. The zero-order chi connectivity index (χ0) is 19.5. The van der Waals surface area contributed by atoms with Crippen LogP contribution in [0.1, 0.15) is 42.4 Å². The zero-order valence-electron chi connectivity index (χ0n) is 16.5. The number of nitrogens with two attached hydrogens (primary N) is 1. The van der Waals surface area contributed by atoms with E-state index < -0.39 is 5.91 Å². The van der Waals surface area contributed by atoms with E-state index in [9.17, 15) is 4.79 Å². The molecule has 0 radical (unpaired) electrons. The number of para-hydroxylation sites is 1. The smallest absolute Gasteiger partial charge is 0.225 e. The van der Waals surface area contributed by atoms with E-state index in [4.69, 9.17) is 20.2 Å². The van der Waals surface area contributed by atoms with Crippen molar-refractivity contribution in [2.45, 2.75) is 50.3 Å². The van der Waals surface area contributed by atoms with Crippen molar-refractivity contribution in [1.82, 2.24) is 20.1 Å². The van der Waals surface area contributed by atoms with Gasteiger partial charge in [-0.3, -0.25) is 4.79 Å². The molecule has 2 fully saturated rings. The number of amides is 1. The standard InChI is InChI=1S/C20H27N5O3.ClH/c1-27-16-5-3-2-4-14(16)12-25-20(23-19(24-25)11-18(21)26)13-6-7-17-15(10-13)22-8-9-28-17;/h2-5,13,15,17,22H,6-12H2,1H3,(H2,21,26);1H/t13-,15+,17+;/m0./s1. The third-order valence-electron chi connectivity index (χ3n) is 5.58. The second kappa shape index (κ2) is 9.56. The lowest BCUT2D eigenvalue weighted by atomic mass is 9.82. The first-order valence-corrected chi connectivity index (χ1v) is 9.83.